The van der Waals surface area contributed by atoms with Gasteiger partial charge in [-0.2, -0.15) is 0 Å². The van der Waals surface area contributed by atoms with Crippen LogP contribution in [-0.4, -0.2) is 52.3 Å². The Morgan fingerprint density at radius 1 is 1.21 bits per heavy atom. The maximum atomic E-state index is 12.5. The molecule has 0 saturated carbocycles. The zero-order valence-electron chi connectivity index (χ0n) is 13.9. The molecule has 0 radical (unpaired) electrons. The van der Waals surface area contributed by atoms with E-state index in [4.69, 9.17) is 5.11 Å². The predicted octanol–water partition coefficient (Wildman–Crippen LogP) is 2.02. The fourth-order valence-corrected chi connectivity index (χ4v) is 2.97. The molecular formula is C18H26N2O4. The molecule has 1 saturated heterocycles. The van der Waals surface area contributed by atoms with Crippen molar-refractivity contribution in [1.82, 2.24) is 10.2 Å². The molecular weight excluding hydrogens is 308 g/mol. The number of benzene rings is 1. The van der Waals surface area contributed by atoms with Crippen LogP contribution in [0.5, 0.6) is 0 Å². The molecule has 2 amide bonds. The van der Waals surface area contributed by atoms with Crippen molar-refractivity contribution in [3.8, 4) is 0 Å². The van der Waals surface area contributed by atoms with E-state index in [1.807, 2.05) is 30.3 Å². The molecule has 1 aliphatic heterocycles. The normalized spacial score (nSPS) is 19.4. The Morgan fingerprint density at radius 3 is 2.67 bits per heavy atom. The van der Waals surface area contributed by atoms with E-state index in [0.29, 0.717) is 32.4 Å². The van der Waals surface area contributed by atoms with E-state index in [2.05, 4.69) is 5.32 Å². The lowest BCUT2D eigenvalue weighted by atomic mass is 10.0. The first kappa shape index (κ1) is 18.3. The van der Waals surface area contributed by atoms with E-state index in [-0.39, 0.29) is 24.6 Å². The Labute approximate surface area is 142 Å². The highest BCUT2D eigenvalue weighted by atomic mass is 16.4. The van der Waals surface area contributed by atoms with Crippen LogP contribution in [0.3, 0.4) is 0 Å². The molecule has 24 heavy (non-hydrogen) atoms. The number of carboxylic acids is 1. The lowest BCUT2D eigenvalue weighted by Gasteiger charge is -2.25. The third-order valence-electron chi connectivity index (χ3n) is 4.34. The topological polar surface area (TPSA) is 89.9 Å². The van der Waals surface area contributed by atoms with Gasteiger partial charge in [0.2, 0.25) is 0 Å². The molecule has 1 heterocycles. The molecule has 0 spiro atoms. The Kier molecular flexibility index (Phi) is 7.06. The van der Waals surface area contributed by atoms with Crippen LogP contribution in [-0.2, 0) is 11.2 Å². The van der Waals surface area contributed by atoms with E-state index >= 15 is 0 Å². The van der Waals surface area contributed by atoms with Crippen molar-refractivity contribution >= 4 is 12.0 Å². The maximum absolute atomic E-state index is 12.5. The van der Waals surface area contributed by atoms with Crippen LogP contribution in [0.25, 0.3) is 0 Å². The van der Waals surface area contributed by atoms with Gasteiger partial charge in [0.25, 0.3) is 0 Å². The quantitative estimate of drug-likeness (QED) is 0.742. The summed E-state index contributed by atoms with van der Waals surface area (Å²) in [5, 5.41) is 21.6. The van der Waals surface area contributed by atoms with Crippen molar-refractivity contribution in [2.24, 2.45) is 0 Å². The largest absolute Gasteiger partial charge is 0.481 e. The Balaban J connectivity index is 1.95. The molecule has 1 fully saturated rings. The van der Waals surface area contributed by atoms with Crippen LogP contribution < -0.4 is 5.32 Å². The number of nitrogens with one attached hydrogen (secondary N) is 1. The number of carboxylic acid groups (broad SMARTS) is 1. The second-order valence-corrected chi connectivity index (χ2v) is 6.34. The van der Waals surface area contributed by atoms with Gasteiger partial charge in [-0.05, 0) is 37.7 Å². The Hall–Kier alpha value is -2.08. The summed E-state index contributed by atoms with van der Waals surface area (Å²) in [6, 6.07) is 9.35. The van der Waals surface area contributed by atoms with Gasteiger partial charge in [-0.15, -0.1) is 0 Å². The molecule has 1 aromatic rings. The van der Waals surface area contributed by atoms with Crippen molar-refractivity contribution in [2.45, 2.75) is 50.7 Å². The molecule has 2 unspecified atom stereocenters. The number of hydrogen-bond acceptors (Lipinski definition) is 3. The first-order valence-electron chi connectivity index (χ1n) is 8.54. The van der Waals surface area contributed by atoms with Gasteiger partial charge in [-0.3, -0.25) is 4.79 Å². The number of aliphatic hydroxyl groups excluding tert-OH is 1. The summed E-state index contributed by atoms with van der Waals surface area (Å²) in [5.74, 6) is -0.861. The minimum absolute atomic E-state index is 0.0243. The first-order valence-corrected chi connectivity index (χ1v) is 8.54. The monoisotopic (exact) mass is 334 g/mol. The van der Waals surface area contributed by atoms with Gasteiger partial charge >= 0.3 is 12.0 Å². The number of aliphatic carboxylic acids is 1. The lowest BCUT2D eigenvalue weighted by Crippen LogP contribution is -2.46. The summed E-state index contributed by atoms with van der Waals surface area (Å²) < 4.78 is 0. The first-order chi connectivity index (χ1) is 11.5. The van der Waals surface area contributed by atoms with Crippen LogP contribution in [0.15, 0.2) is 30.3 Å². The summed E-state index contributed by atoms with van der Waals surface area (Å²) in [6.07, 6.45) is 2.78. The summed E-state index contributed by atoms with van der Waals surface area (Å²) in [5.41, 5.74) is 1.07. The molecule has 0 bridgehead atoms. The molecule has 2 atom stereocenters. The number of rotatable bonds is 6. The van der Waals surface area contributed by atoms with Gasteiger partial charge in [-0.25, -0.2) is 4.79 Å². The van der Waals surface area contributed by atoms with Gasteiger partial charge in [0.15, 0.2) is 0 Å². The van der Waals surface area contributed by atoms with Crippen molar-refractivity contribution in [2.75, 3.05) is 13.1 Å². The smallest absolute Gasteiger partial charge is 0.317 e. The Morgan fingerprint density at radius 2 is 1.96 bits per heavy atom. The van der Waals surface area contributed by atoms with Gasteiger partial charge < -0.3 is 20.4 Å². The standard InChI is InChI=1S/C18H26N2O4/c21-16-7-4-11-20(12-10-16)18(24)19-15(8-9-17(22)23)13-14-5-2-1-3-6-14/h1-3,5-6,15-16,21H,4,7-13H2,(H,19,24)(H,22,23). The number of nitrogens with zero attached hydrogens (tertiary/aromatic N) is 1. The number of urea groups is 1. The number of carbonyl (C=O) groups excluding carboxylic acids is 1. The van der Waals surface area contributed by atoms with Crippen molar-refractivity contribution in [3.63, 3.8) is 0 Å². The van der Waals surface area contributed by atoms with Crippen molar-refractivity contribution in [1.29, 1.82) is 0 Å². The molecule has 6 heteroatoms. The predicted molar refractivity (Wildman–Crippen MR) is 90.8 cm³/mol. The van der Waals surface area contributed by atoms with Crippen LogP contribution in [0.2, 0.25) is 0 Å². The lowest BCUT2D eigenvalue weighted by molar-refractivity contribution is -0.137. The van der Waals surface area contributed by atoms with Crippen LogP contribution in [0.4, 0.5) is 4.79 Å². The van der Waals surface area contributed by atoms with Crippen molar-refractivity contribution in [3.05, 3.63) is 35.9 Å². The highest BCUT2D eigenvalue weighted by molar-refractivity contribution is 5.74. The molecule has 6 nitrogen and oxygen atoms in total. The molecule has 132 valence electrons. The SMILES string of the molecule is O=C(O)CCC(Cc1ccccc1)NC(=O)N1CCCC(O)CC1. The van der Waals surface area contributed by atoms with Crippen LogP contribution in [0, 0.1) is 0 Å². The molecule has 0 aromatic heterocycles. The third-order valence-corrected chi connectivity index (χ3v) is 4.34. The number of aliphatic hydroxyl groups is 1. The number of amides is 2. The summed E-state index contributed by atoms with van der Waals surface area (Å²) >= 11 is 0. The maximum Gasteiger partial charge on any atom is 0.317 e. The van der Waals surface area contributed by atoms with Crippen molar-refractivity contribution < 1.29 is 19.8 Å². The molecule has 1 aromatic carbocycles. The number of hydrogen-bond donors (Lipinski definition) is 3. The average molecular weight is 334 g/mol. The molecule has 2 rings (SSSR count). The van der Waals surface area contributed by atoms with Gasteiger partial charge in [-0.1, -0.05) is 30.3 Å². The fraction of sp³-hybridized carbons (Fsp3) is 0.556. The number of carbonyl (C=O) groups is 2. The average Bonchev–Trinajstić information content (AvgIpc) is 2.78. The van der Waals surface area contributed by atoms with E-state index in [0.717, 1.165) is 18.4 Å². The van der Waals surface area contributed by atoms with Gasteiger partial charge in [0.05, 0.1) is 6.10 Å². The van der Waals surface area contributed by atoms with Gasteiger partial charge in [0, 0.05) is 25.6 Å². The van der Waals surface area contributed by atoms with Crippen LogP contribution in [0.1, 0.15) is 37.7 Å². The highest BCUT2D eigenvalue weighted by Crippen LogP contribution is 2.13. The zero-order valence-corrected chi connectivity index (χ0v) is 13.9. The van der Waals surface area contributed by atoms with E-state index < -0.39 is 5.97 Å². The zero-order chi connectivity index (χ0) is 17.4. The summed E-state index contributed by atoms with van der Waals surface area (Å²) in [7, 11) is 0. The summed E-state index contributed by atoms with van der Waals surface area (Å²) in [6.45, 7) is 1.16. The van der Waals surface area contributed by atoms with E-state index in [1.54, 1.807) is 4.90 Å². The third kappa shape index (κ3) is 6.20. The molecule has 3 N–H and O–H groups in total. The number of likely N-dealkylation sites (tertiary alicyclic amines) is 1. The van der Waals surface area contributed by atoms with Crippen LogP contribution >= 0.6 is 0 Å². The summed E-state index contributed by atoms with van der Waals surface area (Å²) in [4.78, 5) is 25.1. The molecule has 1 aliphatic rings. The Bertz CT molecular complexity index is 535. The second kappa shape index (κ2) is 9.27. The van der Waals surface area contributed by atoms with E-state index in [9.17, 15) is 14.7 Å². The highest BCUT2D eigenvalue weighted by Gasteiger charge is 2.22. The second-order valence-electron chi connectivity index (χ2n) is 6.34. The minimum Gasteiger partial charge on any atom is -0.481 e. The minimum atomic E-state index is -0.861. The van der Waals surface area contributed by atoms with Gasteiger partial charge in [0.1, 0.15) is 0 Å². The molecule has 0 aliphatic carbocycles. The van der Waals surface area contributed by atoms with E-state index in [1.165, 1.54) is 0 Å². The fourth-order valence-electron chi connectivity index (χ4n) is 2.97.